The lowest BCUT2D eigenvalue weighted by Crippen LogP contribution is -2.72. The van der Waals surface area contributed by atoms with Crippen molar-refractivity contribution in [2.75, 3.05) is 26.2 Å². The molecule has 13 heteroatoms. The molecule has 0 heterocycles. The Kier molecular flexibility index (Phi) is 8.85. The average molecular weight is 403 g/mol. The van der Waals surface area contributed by atoms with E-state index in [1.165, 1.54) is 20.8 Å². The van der Waals surface area contributed by atoms with Crippen LogP contribution in [0.5, 0.6) is 0 Å². The molecule has 0 saturated heterocycles. The van der Waals surface area contributed by atoms with Gasteiger partial charge < -0.3 is 32.4 Å². The van der Waals surface area contributed by atoms with Crippen molar-refractivity contribution in [1.29, 1.82) is 0 Å². The summed E-state index contributed by atoms with van der Waals surface area (Å²) in [6, 6.07) is 0. The minimum atomic E-state index is -3.34. The number of nitrogens with two attached hydrogens (primary N) is 3. The Balaban J connectivity index is 6.18. The van der Waals surface area contributed by atoms with E-state index in [4.69, 9.17) is 21.9 Å². The van der Waals surface area contributed by atoms with Crippen molar-refractivity contribution in [3.8, 4) is 0 Å². The van der Waals surface area contributed by atoms with Gasteiger partial charge in [0.25, 0.3) is 5.54 Å². The van der Waals surface area contributed by atoms with E-state index < -0.39 is 72.8 Å². The van der Waals surface area contributed by atoms with Gasteiger partial charge in [-0.15, -0.1) is 0 Å². The highest BCUT2D eigenvalue weighted by Gasteiger charge is 2.60. The van der Waals surface area contributed by atoms with Crippen LogP contribution in [0.1, 0.15) is 20.8 Å². The Morgan fingerprint density at radius 1 is 0.893 bits per heavy atom. The normalized spacial score (nSPS) is 13.1. The summed E-state index contributed by atoms with van der Waals surface area (Å²) in [5.41, 5.74) is 11.3. The lowest BCUT2D eigenvalue weighted by molar-refractivity contribution is -0.173. The van der Waals surface area contributed by atoms with E-state index in [9.17, 15) is 33.9 Å². The fourth-order valence-corrected chi connectivity index (χ4v) is 2.18. The first-order valence-corrected chi connectivity index (χ1v) is 8.02. The van der Waals surface area contributed by atoms with Gasteiger partial charge in [0.2, 0.25) is 11.8 Å². The number of ketones is 2. The van der Waals surface area contributed by atoms with E-state index in [2.05, 4.69) is 0 Å². The molecule has 0 radical (unpaired) electrons. The number of carbonyl (C=O) groups excluding carboxylic acids is 5. The van der Waals surface area contributed by atoms with Gasteiger partial charge in [-0.25, -0.2) is 14.5 Å². The van der Waals surface area contributed by atoms with Gasteiger partial charge in [-0.3, -0.25) is 19.2 Å². The number of carboxylic acid groups (broad SMARTS) is 1. The van der Waals surface area contributed by atoms with E-state index >= 15 is 0 Å². The van der Waals surface area contributed by atoms with E-state index in [1.54, 1.807) is 0 Å². The van der Waals surface area contributed by atoms with Crippen LogP contribution in [0.4, 0.5) is 4.79 Å². The monoisotopic (exact) mass is 403 g/mol. The largest absolute Gasteiger partial charge is 0.479 e. The molecule has 1 atom stereocenters. The summed E-state index contributed by atoms with van der Waals surface area (Å²) < 4.78 is 4.90. The number of Topliss-reactive ketones (excluding diaryl/α,β-unsaturated/α-hetero) is 2. The van der Waals surface area contributed by atoms with E-state index in [0.717, 1.165) is 0 Å². The number of hydrogen-bond acceptors (Lipinski definition) is 10. The first-order chi connectivity index (χ1) is 12.8. The maximum absolute atomic E-state index is 12.7. The topological polar surface area (TPSA) is 225 Å². The lowest BCUT2D eigenvalue weighted by atomic mass is 9.85. The number of imide groups is 1. The molecule has 3 amide bonds. The molecule has 0 aliphatic rings. The average Bonchev–Trinajstić information content (AvgIpc) is 2.60. The Hall–Kier alpha value is -2.90. The van der Waals surface area contributed by atoms with Crippen LogP contribution in [0.3, 0.4) is 0 Å². The van der Waals surface area contributed by atoms with Crippen molar-refractivity contribution in [1.82, 2.24) is 10.2 Å². The summed E-state index contributed by atoms with van der Waals surface area (Å²) in [6.07, 6.45) is -1.10. The van der Waals surface area contributed by atoms with Gasteiger partial charge in [-0.05, 0) is 20.8 Å². The predicted molar refractivity (Wildman–Crippen MR) is 93.6 cm³/mol. The number of amides is 3. The lowest BCUT2D eigenvalue weighted by Gasteiger charge is -2.36. The zero-order valence-electron chi connectivity index (χ0n) is 15.8. The highest BCUT2D eigenvalue weighted by atomic mass is 16.6. The third-order valence-electron chi connectivity index (χ3n) is 3.28. The van der Waals surface area contributed by atoms with Gasteiger partial charge >= 0.3 is 12.1 Å². The minimum Gasteiger partial charge on any atom is -0.479 e. The number of carboxylic acids is 1. The number of alkyl carbamates (subject to hydrolysis) is 1. The van der Waals surface area contributed by atoms with Crippen molar-refractivity contribution >= 4 is 35.4 Å². The third kappa shape index (κ3) is 5.55. The van der Waals surface area contributed by atoms with Gasteiger partial charge in [0.1, 0.15) is 5.60 Å². The van der Waals surface area contributed by atoms with Crippen LogP contribution in [-0.4, -0.2) is 82.8 Å². The smallest absolute Gasteiger partial charge is 0.408 e. The molecule has 13 nitrogen and oxygen atoms in total. The first-order valence-electron chi connectivity index (χ1n) is 8.02. The molecule has 0 bridgehead atoms. The van der Waals surface area contributed by atoms with Crippen LogP contribution in [0.15, 0.2) is 0 Å². The molecule has 8 N–H and O–H groups in total. The van der Waals surface area contributed by atoms with Crippen molar-refractivity contribution in [2.45, 2.75) is 31.9 Å². The quantitative estimate of drug-likeness (QED) is 0.240. The summed E-state index contributed by atoms with van der Waals surface area (Å²) in [5.74, 6) is -7.82. The van der Waals surface area contributed by atoms with Crippen LogP contribution in [-0.2, 0) is 28.7 Å². The number of carbonyl (C=O) groups is 6. The molecule has 0 aliphatic heterocycles. The maximum atomic E-state index is 12.7. The van der Waals surface area contributed by atoms with Gasteiger partial charge in [-0.2, -0.15) is 0 Å². The Labute approximate surface area is 160 Å². The second kappa shape index (κ2) is 9.87. The third-order valence-corrected chi connectivity index (χ3v) is 3.28. The minimum absolute atomic E-state index is 0.121. The number of nitrogens with one attached hydrogen (secondary N) is 1. The summed E-state index contributed by atoms with van der Waals surface area (Å²) in [7, 11) is 0. The Bertz CT molecular complexity index is 656. The molecular weight excluding hydrogens is 378 g/mol. The van der Waals surface area contributed by atoms with Crippen LogP contribution in [0, 0.1) is 0 Å². The summed E-state index contributed by atoms with van der Waals surface area (Å²) in [6.45, 7) is 0.757. The zero-order chi connectivity index (χ0) is 22.3. The molecule has 0 rings (SSSR count). The number of ether oxygens (including phenoxy) is 1. The maximum Gasteiger partial charge on any atom is 0.408 e. The molecule has 0 aromatic carbocycles. The Morgan fingerprint density at radius 2 is 1.36 bits per heavy atom. The number of hydrogen-bond donors (Lipinski definition) is 5. The van der Waals surface area contributed by atoms with Crippen LogP contribution < -0.4 is 22.5 Å². The van der Waals surface area contributed by atoms with Crippen molar-refractivity contribution < 1.29 is 38.6 Å². The molecule has 0 aromatic heterocycles. The van der Waals surface area contributed by atoms with Gasteiger partial charge in [-0.1, -0.05) is 0 Å². The highest BCUT2D eigenvalue weighted by molar-refractivity contribution is 6.32. The van der Waals surface area contributed by atoms with Crippen molar-refractivity contribution in [3.63, 3.8) is 0 Å². The molecule has 0 aromatic rings. The predicted octanol–water partition coefficient (Wildman–Crippen LogP) is -3.30. The van der Waals surface area contributed by atoms with Gasteiger partial charge in [0.05, 0.1) is 26.2 Å². The fourth-order valence-electron chi connectivity index (χ4n) is 2.18. The first kappa shape index (κ1) is 25.1. The zero-order valence-corrected chi connectivity index (χ0v) is 15.8. The summed E-state index contributed by atoms with van der Waals surface area (Å²) in [4.78, 5) is 72.9. The van der Waals surface area contributed by atoms with Crippen LogP contribution in [0.25, 0.3) is 0 Å². The second-order valence-electron chi connectivity index (χ2n) is 6.45. The van der Waals surface area contributed by atoms with Crippen LogP contribution >= 0.6 is 0 Å². The molecule has 28 heavy (non-hydrogen) atoms. The molecule has 1 unspecified atom stereocenters. The second-order valence-corrected chi connectivity index (χ2v) is 6.45. The SMILES string of the molecule is CC(C)(C)OC(=O)NCC(=O)C(C(=O)O)(C(=O)CN)N(C(=O)CN)C(=O)CN. The number of aliphatic carboxylic acids is 1. The molecule has 0 saturated carbocycles. The van der Waals surface area contributed by atoms with Crippen LogP contribution in [0.2, 0.25) is 0 Å². The molecule has 0 spiro atoms. The molecular formula is C15H25N5O8. The van der Waals surface area contributed by atoms with Gasteiger partial charge in [0, 0.05) is 0 Å². The molecule has 0 aliphatic carbocycles. The van der Waals surface area contributed by atoms with E-state index in [1.807, 2.05) is 5.32 Å². The Morgan fingerprint density at radius 3 is 1.68 bits per heavy atom. The molecule has 0 fully saturated rings. The van der Waals surface area contributed by atoms with E-state index in [-0.39, 0.29) is 4.90 Å². The van der Waals surface area contributed by atoms with E-state index in [0.29, 0.717) is 0 Å². The molecule has 158 valence electrons. The summed E-state index contributed by atoms with van der Waals surface area (Å²) in [5, 5.41) is 11.6. The fraction of sp³-hybridized carbons (Fsp3) is 0.600. The highest BCUT2D eigenvalue weighted by Crippen LogP contribution is 2.20. The number of nitrogens with zero attached hydrogens (tertiary/aromatic N) is 1. The van der Waals surface area contributed by atoms with Gasteiger partial charge in [0.15, 0.2) is 11.6 Å². The van der Waals surface area contributed by atoms with Crippen molar-refractivity contribution in [2.24, 2.45) is 17.2 Å². The van der Waals surface area contributed by atoms with Crippen molar-refractivity contribution in [3.05, 3.63) is 0 Å². The standard InChI is InChI=1S/C15H25N5O8/c1-14(2,3)28-13(27)19-7-9(22)15(12(25)26,8(21)4-16)20(10(23)5-17)11(24)6-18/h4-7,16-18H2,1-3H3,(H,19,27)(H,25,26). The number of rotatable bonds is 9. The summed E-state index contributed by atoms with van der Waals surface area (Å²) >= 11 is 0.